The molecule has 1 N–H and O–H groups in total. The zero-order valence-electron chi connectivity index (χ0n) is 7.33. The summed E-state index contributed by atoms with van der Waals surface area (Å²) in [7, 11) is 0. The van der Waals surface area contributed by atoms with Gasteiger partial charge in [0.1, 0.15) is 0 Å². The lowest BCUT2D eigenvalue weighted by Crippen LogP contribution is -2.37. The van der Waals surface area contributed by atoms with E-state index in [0.717, 1.165) is 26.0 Å². The number of hydrogen-bond acceptors (Lipinski definition) is 2. The third-order valence-corrected chi connectivity index (χ3v) is 2.30. The quantitative estimate of drug-likeness (QED) is 0.475. The highest BCUT2D eigenvalue weighted by molar-refractivity contribution is 5.45. The maximum Gasteiger partial charge on any atom is 0.207 e. The lowest BCUT2D eigenvalue weighted by atomic mass is 10.2. The monoisotopic (exact) mass is 168 g/mol. The molecule has 0 bridgehead atoms. The molecule has 3 heteroatoms. The molecule has 1 aliphatic rings. The van der Waals surface area contributed by atoms with Crippen LogP contribution in [0.1, 0.15) is 12.8 Å². The molecule has 0 aliphatic carbocycles. The summed E-state index contributed by atoms with van der Waals surface area (Å²) >= 11 is 0. The molecule has 12 heavy (non-hydrogen) atoms. The highest BCUT2D eigenvalue weighted by Gasteiger charge is 2.22. The Kier molecular flexibility index (Phi) is 3.80. The number of nitrogens with one attached hydrogen (secondary N) is 1. The van der Waals surface area contributed by atoms with Crippen LogP contribution in [0.2, 0.25) is 0 Å². The van der Waals surface area contributed by atoms with Gasteiger partial charge in [0.15, 0.2) is 0 Å². The molecule has 1 aliphatic heterocycles. The Hall–Kier alpha value is -0.830. The van der Waals surface area contributed by atoms with Crippen molar-refractivity contribution in [1.29, 1.82) is 0 Å². The first-order chi connectivity index (χ1) is 5.88. The van der Waals surface area contributed by atoms with E-state index < -0.39 is 0 Å². The topological polar surface area (TPSA) is 32.3 Å². The van der Waals surface area contributed by atoms with Crippen LogP contribution >= 0.6 is 0 Å². The molecule has 1 fully saturated rings. The van der Waals surface area contributed by atoms with Crippen LogP contribution in [0.5, 0.6) is 0 Å². The number of rotatable bonds is 5. The van der Waals surface area contributed by atoms with E-state index in [-0.39, 0.29) is 0 Å². The number of likely N-dealkylation sites (tertiary alicyclic amines) is 1. The van der Waals surface area contributed by atoms with E-state index in [2.05, 4.69) is 16.8 Å². The molecule has 1 rings (SSSR count). The van der Waals surface area contributed by atoms with Gasteiger partial charge in [-0.15, -0.1) is 6.58 Å². The summed E-state index contributed by atoms with van der Waals surface area (Å²) in [5.74, 6) is 0. The standard InChI is InChI=1S/C9H16N2O/c1-2-5-11-6-3-4-9(11)7-10-8-12/h2,8-9H,1,3-7H2,(H,10,12). The van der Waals surface area contributed by atoms with Crippen molar-refractivity contribution in [3.05, 3.63) is 12.7 Å². The lowest BCUT2D eigenvalue weighted by molar-refractivity contribution is -0.109. The van der Waals surface area contributed by atoms with Gasteiger partial charge in [-0.05, 0) is 19.4 Å². The Morgan fingerprint density at radius 2 is 2.50 bits per heavy atom. The Bertz CT molecular complexity index is 159. The molecule has 1 saturated heterocycles. The average Bonchev–Trinajstić information content (AvgIpc) is 2.50. The van der Waals surface area contributed by atoms with E-state index in [9.17, 15) is 4.79 Å². The number of carbonyl (C=O) groups excluding carboxylic acids is 1. The molecule has 1 amide bonds. The third kappa shape index (κ3) is 2.34. The Morgan fingerprint density at radius 3 is 3.17 bits per heavy atom. The van der Waals surface area contributed by atoms with E-state index >= 15 is 0 Å². The SMILES string of the molecule is C=CCN1CCCC1CNC=O. The fourth-order valence-corrected chi connectivity index (χ4v) is 1.72. The predicted molar refractivity (Wildman–Crippen MR) is 48.9 cm³/mol. The van der Waals surface area contributed by atoms with Crippen LogP contribution < -0.4 is 5.32 Å². The molecule has 0 aromatic heterocycles. The Labute approximate surface area is 73.4 Å². The van der Waals surface area contributed by atoms with E-state index in [1.165, 1.54) is 12.8 Å². The molecule has 1 unspecified atom stereocenters. The van der Waals surface area contributed by atoms with Gasteiger partial charge in [-0.25, -0.2) is 0 Å². The second-order valence-electron chi connectivity index (χ2n) is 3.11. The van der Waals surface area contributed by atoms with Crippen LogP contribution in [0.15, 0.2) is 12.7 Å². The van der Waals surface area contributed by atoms with Crippen LogP contribution in [-0.2, 0) is 4.79 Å². The van der Waals surface area contributed by atoms with Crippen molar-refractivity contribution in [2.75, 3.05) is 19.6 Å². The molecule has 0 spiro atoms. The van der Waals surface area contributed by atoms with Crippen molar-refractivity contribution in [2.45, 2.75) is 18.9 Å². The van der Waals surface area contributed by atoms with Crippen LogP contribution in [0.25, 0.3) is 0 Å². The number of carbonyl (C=O) groups is 1. The lowest BCUT2D eigenvalue weighted by Gasteiger charge is -2.22. The summed E-state index contributed by atoms with van der Waals surface area (Å²) < 4.78 is 0. The van der Waals surface area contributed by atoms with Crippen molar-refractivity contribution in [3.63, 3.8) is 0 Å². The van der Waals surface area contributed by atoms with Gasteiger partial charge in [-0.2, -0.15) is 0 Å². The van der Waals surface area contributed by atoms with E-state index in [1.54, 1.807) is 0 Å². The molecule has 0 radical (unpaired) electrons. The van der Waals surface area contributed by atoms with Crippen LogP contribution in [0.3, 0.4) is 0 Å². The van der Waals surface area contributed by atoms with E-state index in [1.807, 2.05) is 6.08 Å². The summed E-state index contributed by atoms with van der Waals surface area (Å²) in [6, 6.07) is 0.521. The minimum absolute atomic E-state index is 0.521. The molecule has 1 atom stereocenters. The van der Waals surface area contributed by atoms with Gasteiger partial charge >= 0.3 is 0 Å². The third-order valence-electron chi connectivity index (χ3n) is 2.30. The van der Waals surface area contributed by atoms with Gasteiger partial charge < -0.3 is 5.32 Å². The normalized spacial score (nSPS) is 23.8. The molecule has 68 valence electrons. The summed E-state index contributed by atoms with van der Waals surface area (Å²) in [4.78, 5) is 12.4. The first kappa shape index (κ1) is 9.26. The molecule has 3 nitrogen and oxygen atoms in total. The van der Waals surface area contributed by atoms with Crippen molar-refractivity contribution in [1.82, 2.24) is 10.2 Å². The minimum Gasteiger partial charge on any atom is -0.357 e. The highest BCUT2D eigenvalue weighted by atomic mass is 16.1. The maximum atomic E-state index is 10.1. The molecule has 0 aromatic rings. The summed E-state index contributed by atoms with van der Waals surface area (Å²) in [5, 5.41) is 2.72. The van der Waals surface area contributed by atoms with Crippen molar-refractivity contribution < 1.29 is 4.79 Å². The van der Waals surface area contributed by atoms with Crippen LogP contribution in [0, 0.1) is 0 Å². The van der Waals surface area contributed by atoms with Gasteiger partial charge in [0.05, 0.1) is 0 Å². The van der Waals surface area contributed by atoms with Crippen molar-refractivity contribution in [2.24, 2.45) is 0 Å². The van der Waals surface area contributed by atoms with Gasteiger partial charge in [-0.1, -0.05) is 6.08 Å². The predicted octanol–water partition coefficient (Wildman–Crippen LogP) is 0.383. The van der Waals surface area contributed by atoms with Gasteiger partial charge in [0.2, 0.25) is 6.41 Å². The fraction of sp³-hybridized carbons (Fsp3) is 0.667. The Morgan fingerprint density at radius 1 is 1.67 bits per heavy atom. The minimum atomic E-state index is 0.521. The summed E-state index contributed by atoms with van der Waals surface area (Å²) in [6.07, 6.45) is 5.11. The second kappa shape index (κ2) is 4.93. The first-order valence-corrected chi connectivity index (χ1v) is 4.40. The van der Waals surface area contributed by atoms with Crippen molar-refractivity contribution in [3.8, 4) is 0 Å². The largest absolute Gasteiger partial charge is 0.357 e. The number of amides is 1. The molecule has 1 heterocycles. The van der Waals surface area contributed by atoms with Gasteiger partial charge in [-0.3, -0.25) is 9.69 Å². The number of nitrogens with zero attached hydrogens (tertiary/aromatic N) is 1. The maximum absolute atomic E-state index is 10.1. The summed E-state index contributed by atoms with van der Waals surface area (Å²) in [5.41, 5.74) is 0. The fourth-order valence-electron chi connectivity index (χ4n) is 1.72. The van der Waals surface area contributed by atoms with Crippen LogP contribution in [-0.4, -0.2) is 37.0 Å². The zero-order chi connectivity index (χ0) is 8.81. The molecular formula is C9H16N2O. The molecule has 0 saturated carbocycles. The van der Waals surface area contributed by atoms with Crippen molar-refractivity contribution >= 4 is 6.41 Å². The van der Waals surface area contributed by atoms with Gasteiger partial charge in [0, 0.05) is 19.1 Å². The highest BCUT2D eigenvalue weighted by Crippen LogP contribution is 2.15. The van der Waals surface area contributed by atoms with Gasteiger partial charge in [0.25, 0.3) is 0 Å². The molecular weight excluding hydrogens is 152 g/mol. The second-order valence-corrected chi connectivity index (χ2v) is 3.11. The zero-order valence-corrected chi connectivity index (χ0v) is 7.33. The Balaban J connectivity index is 2.29. The molecule has 0 aromatic carbocycles. The van der Waals surface area contributed by atoms with E-state index in [0.29, 0.717) is 6.04 Å². The van der Waals surface area contributed by atoms with Crippen LogP contribution in [0.4, 0.5) is 0 Å². The van der Waals surface area contributed by atoms with E-state index in [4.69, 9.17) is 0 Å². The number of hydrogen-bond donors (Lipinski definition) is 1. The summed E-state index contributed by atoms with van der Waals surface area (Å²) in [6.45, 7) is 6.55. The smallest absolute Gasteiger partial charge is 0.207 e. The first-order valence-electron chi connectivity index (χ1n) is 4.40. The average molecular weight is 168 g/mol.